The maximum Gasteiger partial charge on any atom is 0.140 e. The summed E-state index contributed by atoms with van der Waals surface area (Å²) in [5.41, 5.74) is 3.33. The Bertz CT molecular complexity index is 311. The normalized spacial score (nSPS) is 10.3. The van der Waals surface area contributed by atoms with Gasteiger partial charge in [-0.15, -0.1) is 0 Å². The zero-order chi connectivity index (χ0) is 11.1. The number of hydrazine groups is 1. The maximum absolute atomic E-state index is 5.99. The predicted octanol–water partition coefficient (Wildman–Crippen LogP) is 1.90. The fourth-order valence-corrected chi connectivity index (χ4v) is 2.07. The van der Waals surface area contributed by atoms with Gasteiger partial charge in [0.25, 0.3) is 0 Å². The van der Waals surface area contributed by atoms with E-state index >= 15 is 0 Å². The summed E-state index contributed by atoms with van der Waals surface area (Å²) in [4.78, 5) is 4.26. The number of pyridine rings is 1. The van der Waals surface area contributed by atoms with Crippen LogP contribution in [0.15, 0.2) is 12.1 Å². The molecule has 6 heteroatoms. The maximum atomic E-state index is 5.99. The molecule has 0 fully saturated rings. The Labute approximate surface area is 98.5 Å². The molecule has 0 unspecified atom stereocenters. The largest absolute Gasteiger partial charge is 0.384 e. The van der Waals surface area contributed by atoms with E-state index in [2.05, 4.69) is 10.4 Å². The van der Waals surface area contributed by atoms with Crippen LogP contribution in [0.4, 0.5) is 5.82 Å². The van der Waals surface area contributed by atoms with Gasteiger partial charge < -0.3 is 10.2 Å². The molecule has 0 saturated carbocycles. The minimum atomic E-state index is 0.627. The van der Waals surface area contributed by atoms with Crippen molar-refractivity contribution in [1.29, 1.82) is 0 Å². The highest BCUT2D eigenvalue weighted by molar-refractivity contribution is 7.98. The van der Waals surface area contributed by atoms with Gasteiger partial charge in [-0.1, -0.05) is 11.6 Å². The van der Waals surface area contributed by atoms with Gasteiger partial charge in [0, 0.05) is 18.6 Å². The lowest BCUT2D eigenvalue weighted by molar-refractivity contribution is 0.218. The van der Waals surface area contributed by atoms with Crippen LogP contribution in [0.2, 0.25) is 5.02 Å². The molecule has 0 aliphatic rings. The molecule has 0 bridgehead atoms. The van der Waals surface area contributed by atoms with Gasteiger partial charge in [-0.25, -0.2) is 10.8 Å². The molecular weight excluding hydrogens is 234 g/mol. The third-order valence-electron chi connectivity index (χ3n) is 1.74. The van der Waals surface area contributed by atoms with Crippen LogP contribution >= 0.6 is 23.4 Å². The molecule has 3 N–H and O–H groups in total. The molecule has 0 spiro atoms. The van der Waals surface area contributed by atoms with E-state index in [9.17, 15) is 0 Å². The van der Waals surface area contributed by atoms with Crippen LogP contribution in [0.5, 0.6) is 0 Å². The highest BCUT2D eigenvalue weighted by atomic mass is 35.5. The fourth-order valence-electron chi connectivity index (χ4n) is 0.977. The summed E-state index contributed by atoms with van der Waals surface area (Å²) in [6.45, 7) is 0.733. The fraction of sp³-hybridized carbons (Fsp3) is 0.444. The average Bonchev–Trinajstić information content (AvgIpc) is 2.26. The number of anilines is 1. The van der Waals surface area contributed by atoms with Crippen LogP contribution in [0.3, 0.4) is 0 Å². The number of thioether (sulfide) groups is 1. The van der Waals surface area contributed by atoms with E-state index < -0.39 is 0 Å². The summed E-state index contributed by atoms with van der Waals surface area (Å²) in [5.74, 6) is 7.58. The number of hydrogen-bond acceptors (Lipinski definition) is 5. The third kappa shape index (κ3) is 4.25. The first kappa shape index (κ1) is 12.6. The molecule has 4 nitrogen and oxygen atoms in total. The molecule has 0 saturated heterocycles. The highest BCUT2D eigenvalue weighted by Gasteiger charge is 2.03. The predicted molar refractivity (Wildman–Crippen MR) is 65.1 cm³/mol. The van der Waals surface area contributed by atoms with E-state index in [1.54, 1.807) is 31.0 Å². The molecule has 15 heavy (non-hydrogen) atoms. The standard InChI is InChI=1S/C9H14ClN3OS/c1-14-4-5-15-6-8-7(10)2-3-9(12-8)13-11/h2-3H,4-6,11H2,1H3,(H,12,13). The van der Waals surface area contributed by atoms with Crippen molar-refractivity contribution < 1.29 is 4.74 Å². The summed E-state index contributed by atoms with van der Waals surface area (Å²) < 4.78 is 4.95. The Hall–Kier alpha value is -0.490. The van der Waals surface area contributed by atoms with E-state index in [-0.39, 0.29) is 0 Å². The van der Waals surface area contributed by atoms with Crippen molar-refractivity contribution in [2.75, 3.05) is 24.9 Å². The van der Waals surface area contributed by atoms with Gasteiger partial charge in [0.15, 0.2) is 0 Å². The van der Waals surface area contributed by atoms with E-state index in [0.29, 0.717) is 10.8 Å². The first-order valence-corrected chi connectivity index (χ1v) is 6.00. The first-order chi connectivity index (χ1) is 7.27. The second kappa shape index (κ2) is 6.90. The van der Waals surface area contributed by atoms with Gasteiger partial charge in [-0.3, -0.25) is 0 Å². The molecule has 0 amide bonds. The van der Waals surface area contributed by atoms with Crippen molar-refractivity contribution in [3.8, 4) is 0 Å². The van der Waals surface area contributed by atoms with Gasteiger partial charge in [0.1, 0.15) is 5.82 Å². The van der Waals surface area contributed by atoms with E-state index in [1.165, 1.54) is 0 Å². The molecule has 1 rings (SSSR count). The Morgan fingerprint density at radius 1 is 1.60 bits per heavy atom. The minimum absolute atomic E-state index is 0.627. The second-order valence-corrected chi connectivity index (χ2v) is 4.33. The van der Waals surface area contributed by atoms with Crippen molar-refractivity contribution in [3.05, 3.63) is 22.8 Å². The van der Waals surface area contributed by atoms with E-state index in [4.69, 9.17) is 22.2 Å². The number of methoxy groups -OCH3 is 1. The van der Waals surface area contributed by atoms with Crippen LogP contribution in [0.1, 0.15) is 5.69 Å². The Kier molecular flexibility index (Phi) is 5.78. The summed E-state index contributed by atoms with van der Waals surface area (Å²) >= 11 is 7.71. The van der Waals surface area contributed by atoms with Crippen molar-refractivity contribution in [2.45, 2.75) is 5.75 Å². The molecular formula is C9H14ClN3OS. The molecule has 0 aliphatic carbocycles. The number of hydrogen-bond donors (Lipinski definition) is 2. The topological polar surface area (TPSA) is 60.2 Å². The molecule has 0 atom stereocenters. The smallest absolute Gasteiger partial charge is 0.140 e. The van der Waals surface area contributed by atoms with Crippen LogP contribution in [0.25, 0.3) is 0 Å². The number of nitrogen functional groups attached to an aromatic ring is 1. The third-order valence-corrected chi connectivity index (χ3v) is 3.01. The van der Waals surface area contributed by atoms with Crippen molar-refractivity contribution >= 4 is 29.2 Å². The average molecular weight is 248 g/mol. The molecule has 1 heterocycles. The van der Waals surface area contributed by atoms with Crippen molar-refractivity contribution in [3.63, 3.8) is 0 Å². The number of nitrogens with zero attached hydrogens (tertiary/aromatic N) is 1. The van der Waals surface area contributed by atoms with Crippen molar-refractivity contribution in [1.82, 2.24) is 4.98 Å². The van der Waals surface area contributed by atoms with Crippen LogP contribution < -0.4 is 11.3 Å². The molecule has 0 aromatic carbocycles. The quantitative estimate of drug-likeness (QED) is 0.457. The Morgan fingerprint density at radius 2 is 2.40 bits per heavy atom. The minimum Gasteiger partial charge on any atom is -0.384 e. The highest BCUT2D eigenvalue weighted by Crippen LogP contribution is 2.20. The summed E-state index contributed by atoms with van der Waals surface area (Å²) in [6.07, 6.45) is 0. The van der Waals surface area contributed by atoms with E-state index in [1.807, 2.05) is 0 Å². The lowest BCUT2D eigenvalue weighted by Crippen LogP contribution is -2.09. The summed E-state index contributed by atoms with van der Waals surface area (Å²) in [7, 11) is 1.69. The molecule has 0 radical (unpaired) electrons. The number of aromatic nitrogens is 1. The lowest BCUT2D eigenvalue weighted by Gasteiger charge is -2.05. The van der Waals surface area contributed by atoms with Gasteiger partial charge in [0.05, 0.1) is 17.3 Å². The van der Waals surface area contributed by atoms with E-state index in [0.717, 1.165) is 23.8 Å². The number of ether oxygens (including phenoxy) is 1. The Morgan fingerprint density at radius 3 is 3.07 bits per heavy atom. The van der Waals surface area contributed by atoms with Gasteiger partial charge in [-0.05, 0) is 12.1 Å². The molecule has 1 aromatic heterocycles. The number of nitrogens with one attached hydrogen (secondary N) is 1. The zero-order valence-electron chi connectivity index (χ0n) is 8.50. The van der Waals surface area contributed by atoms with Crippen LogP contribution in [-0.2, 0) is 10.5 Å². The lowest BCUT2D eigenvalue weighted by atomic mass is 10.4. The zero-order valence-corrected chi connectivity index (χ0v) is 10.1. The number of nitrogens with two attached hydrogens (primary N) is 1. The molecule has 84 valence electrons. The monoisotopic (exact) mass is 247 g/mol. The van der Waals surface area contributed by atoms with Gasteiger partial charge in [-0.2, -0.15) is 11.8 Å². The van der Waals surface area contributed by atoms with Crippen LogP contribution in [-0.4, -0.2) is 24.5 Å². The molecule has 1 aromatic rings. The van der Waals surface area contributed by atoms with Gasteiger partial charge in [0.2, 0.25) is 0 Å². The van der Waals surface area contributed by atoms with Crippen LogP contribution in [0, 0.1) is 0 Å². The molecule has 0 aliphatic heterocycles. The second-order valence-electron chi connectivity index (χ2n) is 2.81. The summed E-state index contributed by atoms with van der Waals surface area (Å²) in [5, 5.41) is 0.666. The SMILES string of the molecule is COCCSCc1nc(NN)ccc1Cl. The first-order valence-electron chi connectivity index (χ1n) is 4.46. The van der Waals surface area contributed by atoms with Gasteiger partial charge >= 0.3 is 0 Å². The Balaban J connectivity index is 2.51. The number of halogens is 1. The summed E-state index contributed by atoms with van der Waals surface area (Å²) in [6, 6.07) is 3.53. The van der Waals surface area contributed by atoms with Crippen molar-refractivity contribution in [2.24, 2.45) is 5.84 Å². The number of rotatable bonds is 6.